The maximum Gasteiger partial charge on any atom is 0.148 e. The van der Waals surface area contributed by atoms with Gasteiger partial charge in [0.25, 0.3) is 0 Å². The third-order valence-corrected chi connectivity index (χ3v) is 4.21. The van der Waals surface area contributed by atoms with Gasteiger partial charge < -0.3 is 10.0 Å². The van der Waals surface area contributed by atoms with Gasteiger partial charge in [-0.05, 0) is 25.8 Å². The van der Waals surface area contributed by atoms with Crippen molar-refractivity contribution in [1.82, 2.24) is 4.90 Å². The Morgan fingerprint density at radius 3 is 2.44 bits per heavy atom. The Morgan fingerprint density at radius 1 is 1.38 bits per heavy atom. The van der Waals surface area contributed by atoms with E-state index in [1.807, 2.05) is 11.9 Å². The van der Waals surface area contributed by atoms with Gasteiger partial charge in [-0.15, -0.1) is 0 Å². The van der Waals surface area contributed by atoms with Gasteiger partial charge in [0.15, 0.2) is 0 Å². The van der Waals surface area contributed by atoms with Gasteiger partial charge in [0.1, 0.15) is 9.84 Å². The maximum atomic E-state index is 11.0. The molecule has 1 saturated carbocycles. The van der Waals surface area contributed by atoms with Crippen LogP contribution in [-0.2, 0) is 9.84 Å². The molecule has 4 nitrogen and oxygen atoms in total. The van der Waals surface area contributed by atoms with Crippen molar-refractivity contribution in [3.05, 3.63) is 0 Å². The smallest absolute Gasteiger partial charge is 0.148 e. The van der Waals surface area contributed by atoms with Gasteiger partial charge in [-0.2, -0.15) is 0 Å². The standard InChI is InChI=1S/C11H23NO3S/c1-12(7-8-16(2,14)15)9-11(13)10-5-3-4-6-10/h10-11,13H,3-9H2,1-2H3. The van der Waals surface area contributed by atoms with E-state index in [2.05, 4.69) is 0 Å². The Balaban J connectivity index is 2.25. The topological polar surface area (TPSA) is 57.6 Å². The molecule has 0 heterocycles. The normalized spacial score (nSPS) is 20.5. The van der Waals surface area contributed by atoms with Crippen molar-refractivity contribution in [2.75, 3.05) is 32.1 Å². The molecule has 1 aliphatic rings. The molecule has 0 aromatic carbocycles. The summed E-state index contributed by atoms with van der Waals surface area (Å²) in [4.78, 5) is 1.91. The fraction of sp³-hybridized carbons (Fsp3) is 1.00. The Hall–Kier alpha value is -0.130. The molecule has 0 aromatic heterocycles. The number of sulfone groups is 1. The number of hydrogen-bond acceptors (Lipinski definition) is 4. The molecule has 0 spiro atoms. The summed E-state index contributed by atoms with van der Waals surface area (Å²) in [6.07, 6.45) is 5.60. The van der Waals surface area contributed by atoms with Crippen molar-refractivity contribution < 1.29 is 13.5 Å². The van der Waals surface area contributed by atoms with E-state index in [9.17, 15) is 13.5 Å². The number of aliphatic hydroxyl groups is 1. The highest BCUT2D eigenvalue weighted by molar-refractivity contribution is 7.90. The zero-order valence-corrected chi connectivity index (χ0v) is 11.0. The van der Waals surface area contributed by atoms with Gasteiger partial charge in [-0.3, -0.25) is 0 Å². The summed E-state index contributed by atoms with van der Waals surface area (Å²) >= 11 is 0. The van der Waals surface area contributed by atoms with Crippen molar-refractivity contribution in [2.24, 2.45) is 5.92 Å². The summed E-state index contributed by atoms with van der Waals surface area (Å²) < 4.78 is 22.0. The molecule has 5 heteroatoms. The SMILES string of the molecule is CN(CCS(C)(=O)=O)CC(O)C1CCCC1. The number of rotatable bonds is 6. The van der Waals surface area contributed by atoms with Crippen LogP contribution in [0.4, 0.5) is 0 Å². The van der Waals surface area contributed by atoms with Crippen LogP contribution in [0, 0.1) is 5.92 Å². The molecular formula is C11H23NO3S. The Kier molecular flexibility index (Phi) is 5.21. The summed E-state index contributed by atoms with van der Waals surface area (Å²) in [5.41, 5.74) is 0. The van der Waals surface area contributed by atoms with E-state index in [0.717, 1.165) is 12.8 Å². The monoisotopic (exact) mass is 249 g/mol. The van der Waals surface area contributed by atoms with Crippen LogP contribution in [0.15, 0.2) is 0 Å². The molecule has 96 valence electrons. The molecule has 1 fully saturated rings. The predicted molar refractivity (Wildman–Crippen MR) is 65.2 cm³/mol. The van der Waals surface area contributed by atoms with Crippen LogP contribution in [0.1, 0.15) is 25.7 Å². The zero-order valence-electron chi connectivity index (χ0n) is 10.2. The minimum absolute atomic E-state index is 0.168. The number of nitrogens with zero attached hydrogens (tertiary/aromatic N) is 1. The van der Waals surface area contributed by atoms with Gasteiger partial charge >= 0.3 is 0 Å². The lowest BCUT2D eigenvalue weighted by atomic mass is 10.0. The quantitative estimate of drug-likeness (QED) is 0.745. The lowest BCUT2D eigenvalue weighted by Gasteiger charge is -2.24. The lowest BCUT2D eigenvalue weighted by molar-refractivity contribution is 0.0765. The summed E-state index contributed by atoms with van der Waals surface area (Å²) in [5, 5.41) is 9.96. The summed E-state index contributed by atoms with van der Waals surface area (Å²) in [7, 11) is -1.03. The number of hydrogen-bond donors (Lipinski definition) is 1. The zero-order chi connectivity index (χ0) is 12.2. The molecule has 0 amide bonds. The molecule has 0 aliphatic heterocycles. The van der Waals surface area contributed by atoms with E-state index < -0.39 is 9.84 Å². The molecule has 16 heavy (non-hydrogen) atoms. The first kappa shape index (κ1) is 13.9. The number of likely N-dealkylation sites (N-methyl/N-ethyl adjacent to an activating group) is 1. The second-order valence-corrected chi connectivity index (χ2v) is 7.26. The first-order chi connectivity index (χ1) is 7.38. The molecule has 1 rings (SSSR count). The van der Waals surface area contributed by atoms with Crippen molar-refractivity contribution in [3.63, 3.8) is 0 Å². The van der Waals surface area contributed by atoms with Crippen LogP contribution in [-0.4, -0.2) is 56.7 Å². The predicted octanol–water partition coefficient (Wildman–Crippen LogP) is 0.514. The average Bonchev–Trinajstić information content (AvgIpc) is 2.66. The minimum atomic E-state index is -2.90. The Morgan fingerprint density at radius 2 is 1.94 bits per heavy atom. The highest BCUT2D eigenvalue weighted by Gasteiger charge is 2.24. The Bertz CT molecular complexity index is 296. The van der Waals surface area contributed by atoms with Crippen molar-refractivity contribution >= 4 is 9.84 Å². The van der Waals surface area contributed by atoms with E-state index in [4.69, 9.17) is 0 Å². The van der Waals surface area contributed by atoms with E-state index >= 15 is 0 Å². The molecule has 1 N–H and O–H groups in total. The van der Waals surface area contributed by atoms with Gasteiger partial charge in [0.05, 0.1) is 11.9 Å². The summed E-state index contributed by atoms with van der Waals surface area (Å²) in [6, 6.07) is 0. The van der Waals surface area contributed by atoms with Crippen molar-refractivity contribution in [3.8, 4) is 0 Å². The second-order valence-electron chi connectivity index (χ2n) is 5.00. The van der Waals surface area contributed by atoms with E-state index in [1.54, 1.807) is 0 Å². The van der Waals surface area contributed by atoms with Crippen LogP contribution < -0.4 is 0 Å². The summed E-state index contributed by atoms with van der Waals surface area (Å²) in [5.74, 6) is 0.585. The van der Waals surface area contributed by atoms with Crippen LogP contribution in [0.5, 0.6) is 0 Å². The Labute approximate surface area is 98.6 Å². The molecule has 1 aliphatic carbocycles. The van der Waals surface area contributed by atoms with Crippen LogP contribution in [0.25, 0.3) is 0 Å². The van der Waals surface area contributed by atoms with Gasteiger partial charge in [0, 0.05) is 19.3 Å². The fourth-order valence-electron chi connectivity index (χ4n) is 2.22. The van der Waals surface area contributed by atoms with Gasteiger partial charge in [0.2, 0.25) is 0 Å². The molecular weight excluding hydrogens is 226 g/mol. The van der Waals surface area contributed by atoms with E-state index in [0.29, 0.717) is 19.0 Å². The number of aliphatic hydroxyl groups excluding tert-OH is 1. The van der Waals surface area contributed by atoms with Gasteiger partial charge in [-0.1, -0.05) is 12.8 Å². The average molecular weight is 249 g/mol. The largest absolute Gasteiger partial charge is 0.392 e. The third kappa shape index (κ3) is 5.27. The first-order valence-electron chi connectivity index (χ1n) is 5.93. The van der Waals surface area contributed by atoms with Crippen LogP contribution in [0.3, 0.4) is 0 Å². The van der Waals surface area contributed by atoms with Crippen molar-refractivity contribution in [2.45, 2.75) is 31.8 Å². The van der Waals surface area contributed by atoms with Crippen LogP contribution in [0.2, 0.25) is 0 Å². The molecule has 0 bridgehead atoms. The molecule has 0 radical (unpaired) electrons. The lowest BCUT2D eigenvalue weighted by Crippen LogP contribution is -2.35. The summed E-state index contributed by atoms with van der Waals surface area (Å²) in [6.45, 7) is 1.09. The minimum Gasteiger partial charge on any atom is -0.392 e. The first-order valence-corrected chi connectivity index (χ1v) is 7.99. The van der Waals surface area contributed by atoms with E-state index in [-0.39, 0.29) is 11.9 Å². The second kappa shape index (κ2) is 5.98. The van der Waals surface area contributed by atoms with E-state index in [1.165, 1.54) is 19.1 Å². The van der Waals surface area contributed by atoms with Crippen LogP contribution >= 0.6 is 0 Å². The van der Waals surface area contributed by atoms with Gasteiger partial charge in [-0.25, -0.2) is 8.42 Å². The molecule has 0 aromatic rings. The van der Waals surface area contributed by atoms with Crippen molar-refractivity contribution in [1.29, 1.82) is 0 Å². The third-order valence-electron chi connectivity index (χ3n) is 3.29. The molecule has 0 saturated heterocycles. The highest BCUT2D eigenvalue weighted by atomic mass is 32.2. The maximum absolute atomic E-state index is 11.0. The molecule has 1 atom stereocenters. The highest BCUT2D eigenvalue weighted by Crippen LogP contribution is 2.27. The fourth-order valence-corrected chi connectivity index (χ4v) is 2.87. The molecule has 1 unspecified atom stereocenters.